The van der Waals surface area contributed by atoms with Crippen molar-refractivity contribution in [2.75, 3.05) is 37.7 Å². The second-order valence-corrected chi connectivity index (χ2v) is 7.06. The van der Waals surface area contributed by atoms with Crippen LogP contribution in [0.1, 0.15) is 19.8 Å². The Morgan fingerprint density at radius 3 is 2.81 bits per heavy atom. The number of amides is 1. The molecule has 10 nitrogen and oxygen atoms in total. The van der Waals surface area contributed by atoms with E-state index in [1.165, 1.54) is 6.33 Å². The van der Waals surface area contributed by atoms with E-state index in [0.29, 0.717) is 49.8 Å². The number of anilines is 1. The summed E-state index contributed by atoms with van der Waals surface area (Å²) in [6.07, 6.45) is 3.10. The van der Waals surface area contributed by atoms with Crippen LogP contribution in [0.25, 0.3) is 11.2 Å². The van der Waals surface area contributed by atoms with Gasteiger partial charge >= 0.3 is 5.97 Å². The van der Waals surface area contributed by atoms with Gasteiger partial charge < -0.3 is 14.5 Å². The molecule has 2 aliphatic rings. The van der Waals surface area contributed by atoms with Gasteiger partial charge in [-0.05, 0) is 19.8 Å². The van der Waals surface area contributed by atoms with E-state index in [1.807, 2.05) is 9.80 Å². The van der Waals surface area contributed by atoms with Gasteiger partial charge in [-0.1, -0.05) is 5.21 Å². The fraction of sp³-hybridized carbons (Fsp3) is 0.647. The topological polar surface area (TPSA) is 106 Å². The maximum absolute atomic E-state index is 12.8. The number of ether oxygens (including phenoxy) is 1. The van der Waals surface area contributed by atoms with Gasteiger partial charge in [0, 0.05) is 33.2 Å². The molecule has 10 heteroatoms. The third-order valence-corrected chi connectivity index (χ3v) is 5.25. The van der Waals surface area contributed by atoms with Crippen molar-refractivity contribution in [1.29, 1.82) is 0 Å². The quantitative estimate of drug-likeness (QED) is 0.689. The van der Waals surface area contributed by atoms with Gasteiger partial charge in [0.1, 0.15) is 6.33 Å². The largest absolute Gasteiger partial charge is 0.466 e. The minimum atomic E-state index is -0.208. The molecule has 0 aromatic carbocycles. The van der Waals surface area contributed by atoms with Crippen molar-refractivity contribution in [2.24, 2.45) is 18.9 Å². The molecule has 0 bridgehead atoms. The molecule has 0 aliphatic carbocycles. The summed E-state index contributed by atoms with van der Waals surface area (Å²) >= 11 is 0. The molecule has 0 saturated carbocycles. The molecule has 2 aromatic heterocycles. The number of aryl methyl sites for hydroxylation is 1. The first-order valence-electron chi connectivity index (χ1n) is 9.29. The van der Waals surface area contributed by atoms with Crippen molar-refractivity contribution in [1.82, 2.24) is 29.9 Å². The van der Waals surface area contributed by atoms with Crippen LogP contribution >= 0.6 is 0 Å². The van der Waals surface area contributed by atoms with Gasteiger partial charge in [0.25, 0.3) is 0 Å². The summed E-state index contributed by atoms with van der Waals surface area (Å²) in [7, 11) is 1.78. The smallest absolute Gasteiger partial charge is 0.310 e. The first-order valence-corrected chi connectivity index (χ1v) is 9.29. The van der Waals surface area contributed by atoms with E-state index < -0.39 is 0 Å². The lowest BCUT2D eigenvalue weighted by Gasteiger charge is -2.42. The molecule has 144 valence electrons. The number of hydrogen-bond acceptors (Lipinski definition) is 8. The molecule has 2 aliphatic heterocycles. The Morgan fingerprint density at radius 1 is 1.22 bits per heavy atom. The van der Waals surface area contributed by atoms with Crippen LogP contribution in [-0.4, -0.2) is 74.5 Å². The minimum absolute atomic E-state index is 0.0902. The number of aromatic nitrogens is 5. The van der Waals surface area contributed by atoms with Crippen LogP contribution in [0.2, 0.25) is 0 Å². The van der Waals surface area contributed by atoms with Crippen molar-refractivity contribution in [2.45, 2.75) is 19.8 Å². The SMILES string of the molecule is CCOC(=O)C1CCCN(C(=O)C2CN(c3ncnc4c3nnn4C)C2)C1. The third kappa shape index (κ3) is 3.19. The number of esters is 1. The van der Waals surface area contributed by atoms with Crippen LogP contribution in [0, 0.1) is 11.8 Å². The van der Waals surface area contributed by atoms with Crippen molar-refractivity contribution < 1.29 is 14.3 Å². The molecule has 2 saturated heterocycles. The number of carbonyl (C=O) groups is 2. The fourth-order valence-electron chi connectivity index (χ4n) is 3.77. The van der Waals surface area contributed by atoms with Gasteiger partial charge in [0.15, 0.2) is 17.0 Å². The van der Waals surface area contributed by atoms with Gasteiger partial charge in [-0.25, -0.2) is 14.6 Å². The summed E-state index contributed by atoms with van der Waals surface area (Å²) in [5.41, 5.74) is 1.31. The van der Waals surface area contributed by atoms with E-state index in [0.717, 1.165) is 12.8 Å². The molecular weight excluding hydrogens is 350 g/mol. The Labute approximate surface area is 156 Å². The summed E-state index contributed by atoms with van der Waals surface area (Å²) < 4.78 is 6.72. The van der Waals surface area contributed by atoms with E-state index in [9.17, 15) is 9.59 Å². The van der Waals surface area contributed by atoms with E-state index in [-0.39, 0.29) is 23.7 Å². The molecule has 0 radical (unpaired) electrons. The maximum atomic E-state index is 12.8. The van der Waals surface area contributed by atoms with Gasteiger partial charge in [-0.2, -0.15) is 0 Å². The molecule has 1 amide bonds. The highest BCUT2D eigenvalue weighted by Crippen LogP contribution is 2.29. The molecule has 2 fully saturated rings. The average molecular weight is 373 g/mol. The zero-order valence-corrected chi connectivity index (χ0v) is 15.5. The summed E-state index contributed by atoms with van der Waals surface area (Å²) in [6, 6.07) is 0. The highest BCUT2D eigenvalue weighted by molar-refractivity contribution is 5.87. The van der Waals surface area contributed by atoms with Crippen molar-refractivity contribution in [3.8, 4) is 0 Å². The van der Waals surface area contributed by atoms with E-state index in [2.05, 4.69) is 20.3 Å². The Bertz CT molecular complexity index is 861. The zero-order valence-electron chi connectivity index (χ0n) is 15.5. The molecule has 2 aromatic rings. The van der Waals surface area contributed by atoms with E-state index >= 15 is 0 Å². The number of fused-ring (bicyclic) bond motifs is 1. The second kappa shape index (κ2) is 7.09. The lowest BCUT2D eigenvalue weighted by molar-refractivity contribution is -0.152. The van der Waals surface area contributed by atoms with Gasteiger partial charge in [0.2, 0.25) is 5.91 Å². The lowest BCUT2D eigenvalue weighted by Crippen LogP contribution is -2.56. The monoisotopic (exact) mass is 373 g/mol. The first-order chi connectivity index (χ1) is 13.1. The maximum Gasteiger partial charge on any atom is 0.310 e. The van der Waals surface area contributed by atoms with Crippen LogP contribution in [0.5, 0.6) is 0 Å². The summed E-state index contributed by atoms with van der Waals surface area (Å²) in [5.74, 6) is 0.314. The molecule has 0 spiro atoms. The fourth-order valence-corrected chi connectivity index (χ4v) is 3.77. The Balaban J connectivity index is 1.39. The molecule has 4 heterocycles. The van der Waals surface area contributed by atoms with Gasteiger partial charge in [0.05, 0.1) is 18.4 Å². The van der Waals surface area contributed by atoms with Gasteiger partial charge in [-0.15, -0.1) is 5.10 Å². The normalized spacial score (nSPS) is 20.6. The number of rotatable bonds is 4. The van der Waals surface area contributed by atoms with Crippen LogP contribution in [-0.2, 0) is 21.4 Å². The number of carbonyl (C=O) groups excluding carboxylic acids is 2. The molecule has 0 N–H and O–H groups in total. The number of nitrogens with zero attached hydrogens (tertiary/aromatic N) is 7. The number of piperidine rings is 1. The standard InChI is InChI=1S/C17H23N7O3/c1-3-27-17(26)11-5-4-6-23(7-11)16(25)12-8-24(9-12)15-13-14(18-10-19-15)22(2)21-20-13/h10-12H,3-9H2,1-2H3. The average Bonchev–Trinajstić information content (AvgIpc) is 3.03. The van der Waals surface area contributed by atoms with Crippen LogP contribution in [0.3, 0.4) is 0 Å². The highest BCUT2D eigenvalue weighted by Gasteiger charge is 2.39. The van der Waals surface area contributed by atoms with Crippen molar-refractivity contribution in [3.05, 3.63) is 6.33 Å². The third-order valence-electron chi connectivity index (χ3n) is 5.25. The second-order valence-electron chi connectivity index (χ2n) is 7.06. The van der Waals surface area contributed by atoms with E-state index in [1.54, 1.807) is 18.7 Å². The molecule has 27 heavy (non-hydrogen) atoms. The van der Waals surface area contributed by atoms with Crippen LogP contribution in [0.4, 0.5) is 5.82 Å². The summed E-state index contributed by atoms with van der Waals surface area (Å²) in [5, 5.41) is 8.11. The molecule has 1 unspecified atom stereocenters. The van der Waals surface area contributed by atoms with Crippen LogP contribution in [0.15, 0.2) is 6.33 Å². The van der Waals surface area contributed by atoms with Gasteiger partial charge in [-0.3, -0.25) is 9.59 Å². The number of likely N-dealkylation sites (tertiary alicyclic amines) is 1. The predicted octanol–water partition coefficient (Wildman–Crippen LogP) is -0.00380. The molecular formula is C17H23N7O3. The molecule has 4 rings (SSSR count). The van der Waals surface area contributed by atoms with E-state index in [4.69, 9.17) is 4.74 Å². The zero-order chi connectivity index (χ0) is 19.0. The van der Waals surface area contributed by atoms with Crippen molar-refractivity contribution >= 4 is 28.9 Å². The van der Waals surface area contributed by atoms with Crippen LogP contribution < -0.4 is 4.90 Å². The first kappa shape index (κ1) is 17.6. The minimum Gasteiger partial charge on any atom is -0.466 e. The summed E-state index contributed by atoms with van der Waals surface area (Å²) in [4.78, 5) is 37.2. The number of hydrogen-bond donors (Lipinski definition) is 0. The Morgan fingerprint density at radius 2 is 2.04 bits per heavy atom. The highest BCUT2D eigenvalue weighted by atomic mass is 16.5. The lowest BCUT2D eigenvalue weighted by atomic mass is 9.93. The molecule has 1 atom stereocenters. The Kier molecular flexibility index (Phi) is 4.63. The Hall–Kier alpha value is -2.78. The summed E-state index contributed by atoms with van der Waals surface area (Å²) in [6.45, 7) is 4.50. The van der Waals surface area contributed by atoms with Crippen molar-refractivity contribution in [3.63, 3.8) is 0 Å². The predicted molar refractivity (Wildman–Crippen MR) is 95.7 cm³/mol.